The van der Waals surface area contributed by atoms with E-state index >= 15 is 0 Å². The Bertz CT molecular complexity index is 1430. The highest BCUT2D eigenvalue weighted by molar-refractivity contribution is 7.20. The van der Waals surface area contributed by atoms with Crippen molar-refractivity contribution >= 4 is 45.1 Å². The van der Waals surface area contributed by atoms with Gasteiger partial charge in [0.1, 0.15) is 10.6 Å². The Morgan fingerprint density at radius 1 is 1.14 bits per heavy atom. The first-order valence-electron chi connectivity index (χ1n) is 11.8. The number of thiophene rings is 1. The van der Waals surface area contributed by atoms with Crippen molar-refractivity contribution in [2.75, 3.05) is 36.5 Å². The lowest BCUT2D eigenvalue weighted by Gasteiger charge is -2.28. The molecule has 1 fully saturated rings. The maximum absolute atomic E-state index is 14.2. The van der Waals surface area contributed by atoms with Gasteiger partial charge in [-0.25, -0.2) is 9.18 Å². The Balaban J connectivity index is 1.24. The maximum atomic E-state index is 14.2. The highest BCUT2D eigenvalue weighted by Gasteiger charge is 2.27. The Kier molecular flexibility index (Phi) is 6.81. The van der Waals surface area contributed by atoms with Gasteiger partial charge in [0, 0.05) is 36.0 Å². The number of carbonyl (C=O) groups is 2. The lowest BCUT2D eigenvalue weighted by atomic mass is 9.94. The third kappa shape index (κ3) is 5.42. The molecule has 37 heavy (non-hydrogen) atoms. The van der Waals surface area contributed by atoms with Gasteiger partial charge < -0.3 is 25.0 Å². The average Bonchev–Trinajstić information content (AvgIpc) is 3.45. The summed E-state index contributed by atoms with van der Waals surface area (Å²) in [5, 5.41) is 13.4. The number of H-pyrrole nitrogens is 1. The molecule has 2 amide bonds. The van der Waals surface area contributed by atoms with Crippen molar-refractivity contribution in [2.45, 2.75) is 19.4 Å². The van der Waals surface area contributed by atoms with Gasteiger partial charge in [-0.1, -0.05) is 29.5 Å². The van der Waals surface area contributed by atoms with Crippen LogP contribution in [0.1, 0.15) is 29.8 Å². The number of ether oxygens (including phenoxy) is 2. The van der Waals surface area contributed by atoms with E-state index in [9.17, 15) is 14.0 Å². The predicted molar refractivity (Wildman–Crippen MR) is 140 cm³/mol. The molecule has 0 bridgehead atoms. The van der Waals surface area contributed by atoms with Crippen molar-refractivity contribution < 1.29 is 23.5 Å². The van der Waals surface area contributed by atoms with Gasteiger partial charge in [-0.2, -0.15) is 5.10 Å². The molecule has 2 aromatic heterocycles. The van der Waals surface area contributed by atoms with Gasteiger partial charge >= 0.3 is 6.09 Å². The van der Waals surface area contributed by atoms with E-state index in [1.165, 1.54) is 17.4 Å². The molecular weight excluding hydrogens is 497 g/mol. The fourth-order valence-electron chi connectivity index (χ4n) is 4.17. The van der Waals surface area contributed by atoms with Gasteiger partial charge in [0.05, 0.1) is 24.1 Å². The Hall–Kier alpha value is -3.96. The molecular formula is C26H26FN5O4S. The van der Waals surface area contributed by atoms with Crippen LogP contribution in [0.3, 0.4) is 0 Å². The Labute approximate surface area is 216 Å². The van der Waals surface area contributed by atoms with E-state index in [2.05, 4.69) is 25.7 Å². The molecule has 2 aromatic carbocycles. The zero-order valence-electron chi connectivity index (χ0n) is 20.3. The summed E-state index contributed by atoms with van der Waals surface area (Å²) in [5.41, 5.74) is 0.892. The van der Waals surface area contributed by atoms with Crippen LogP contribution in [0.15, 0.2) is 54.6 Å². The third-order valence-electron chi connectivity index (χ3n) is 6.13. The number of hydrogen-bond acceptors (Lipinski definition) is 7. The van der Waals surface area contributed by atoms with Crippen LogP contribution in [-0.4, -0.2) is 48.5 Å². The van der Waals surface area contributed by atoms with E-state index in [0.29, 0.717) is 45.4 Å². The maximum Gasteiger partial charge on any atom is 0.414 e. The van der Waals surface area contributed by atoms with Crippen LogP contribution in [0.5, 0.6) is 5.06 Å². The summed E-state index contributed by atoms with van der Waals surface area (Å²) in [6.07, 6.45) is -0.726. The first-order chi connectivity index (χ1) is 17.8. The fourth-order valence-corrected chi connectivity index (χ4v) is 5.02. The molecule has 3 N–H and O–H groups in total. The average molecular weight is 524 g/mol. The first-order valence-corrected chi connectivity index (χ1v) is 12.6. The molecule has 0 saturated carbocycles. The minimum absolute atomic E-state index is 0.302. The number of benzene rings is 2. The van der Waals surface area contributed by atoms with Crippen LogP contribution >= 0.6 is 11.3 Å². The van der Waals surface area contributed by atoms with Crippen LogP contribution in [-0.2, 0) is 10.3 Å². The molecule has 1 saturated heterocycles. The van der Waals surface area contributed by atoms with E-state index in [0.717, 1.165) is 18.8 Å². The van der Waals surface area contributed by atoms with E-state index in [1.54, 1.807) is 50.2 Å². The number of aromatic amines is 1. The summed E-state index contributed by atoms with van der Waals surface area (Å²) in [6, 6.07) is 15.2. The predicted octanol–water partition coefficient (Wildman–Crippen LogP) is 4.88. The normalized spacial score (nSPS) is 14.0. The number of carbonyl (C=O) groups excluding carboxylic acids is 2. The lowest BCUT2D eigenvalue weighted by molar-refractivity contribution is 0.102. The second-order valence-electron chi connectivity index (χ2n) is 9.10. The molecule has 3 heterocycles. The molecule has 1 aliphatic rings. The van der Waals surface area contributed by atoms with Crippen molar-refractivity contribution in [3.05, 3.63) is 71.5 Å². The van der Waals surface area contributed by atoms with E-state index in [1.807, 2.05) is 12.1 Å². The molecule has 4 aromatic rings. The summed E-state index contributed by atoms with van der Waals surface area (Å²) >= 11 is 1.17. The van der Waals surface area contributed by atoms with Gasteiger partial charge in [-0.3, -0.25) is 9.89 Å². The Morgan fingerprint density at radius 2 is 1.86 bits per heavy atom. The van der Waals surface area contributed by atoms with Crippen LogP contribution in [0, 0.1) is 5.82 Å². The summed E-state index contributed by atoms with van der Waals surface area (Å²) in [6.45, 7) is 6.40. The van der Waals surface area contributed by atoms with Gasteiger partial charge in [0.25, 0.3) is 5.91 Å². The van der Waals surface area contributed by atoms with Crippen molar-refractivity contribution in [2.24, 2.45) is 0 Å². The summed E-state index contributed by atoms with van der Waals surface area (Å²) in [7, 11) is 0. The zero-order valence-corrected chi connectivity index (χ0v) is 21.2. The summed E-state index contributed by atoms with van der Waals surface area (Å²) < 4.78 is 25.0. The van der Waals surface area contributed by atoms with Crippen LogP contribution in [0.4, 0.5) is 20.7 Å². The van der Waals surface area contributed by atoms with E-state index in [-0.39, 0.29) is 5.91 Å². The van der Waals surface area contributed by atoms with Crippen LogP contribution < -0.4 is 20.3 Å². The number of halogens is 1. The number of nitrogens with one attached hydrogen (secondary N) is 3. The third-order valence-corrected chi connectivity index (χ3v) is 7.04. The number of nitrogens with zero attached hydrogens (tertiary/aromatic N) is 2. The number of fused-ring (bicyclic) bond motifs is 1. The molecule has 0 unspecified atom stereocenters. The summed E-state index contributed by atoms with van der Waals surface area (Å²) in [4.78, 5) is 28.2. The summed E-state index contributed by atoms with van der Waals surface area (Å²) in [5.74, 6) is -0.394. The SMILES string of the molecule is CC(C)(NC(=O)Oc1cc2c(NC(=O)c3ccc(N4CCOCC4)cc3)n[nH]c2s1)c1ccccc1F. The monoisotopic (exact) mass is 523 g/mol. The largest absolute Gasteiger partial charge is 0.414 e. The smallest absolute Gasteiger partial charge is 0.399 e. The van der Waals surface area contributed by atoms with Gasteiger partial charge in [-0.05, 0) is 44.2 Å². The number of aromatic nitrogens is 2. The van der Waals surface area contributed by atoms with Crippen molar-refractivity contribution in [1.29, 1.82) is 0 Å². The number of morpholine rings is 1. The molecule has 0 atom stereocenters. The minimum Gasteiger partial charge on any atom is -0.399 e. The first kappa shape index (κ1) is 24.7. The number of amides is 2. The lowest BCUT2D eigenvalue weighted by Crippen LogP contribution is -2.43. The molecule has 1 aliphatic heterocycles. The topological polar surface area (TPSA) is 109 Å². The zero-order chi connectivity index (χ0) is 26.0. The number of anilines is 2. The van der Waals surface area contributed by atoms with Gasteiger partial charge in [0.15, 0.2) is 10.9 Å². The molecule has 9 nitrogen and oxygen atoms in total. The molecule has 192 valence electrons. The highest BCUT2D eigenvalue weighted by atomic mass is 32.1. The second-order valence-corrected chi connectivity index (χ2v) is 10.1. The quantitative estimate of drug-likeness (QED) is 0.333. The highest BCUT2D eigenvalue weighted by Crippen LogP contribution is 2.35. The molecule has 0 spiro atoms. The standard InChI is InChI=1S/C26H26FN5O4S/c1-26(2,19-5-3-4-6-20(19)27)29-25(34)36-21-15-18-22(30-31-24(18)37-21)28-23(33)16-7-9-17(10-8-16)32-11-13-35-14-12-32/h3-10,15H,11-14H2,1-2H3,(H,29,34)(H2,28,30,31,33). The number of hydrogen-bond donors (Lipinski definition) is 3. The van der Waals surface area contributed by atoms with Crippen molar-refractivity contribution in [3.8, 4) is 5.06 Å². The van der Waals surface area contributed by atoms with Gasteiger partial charge in [-0.15, -0.1) is 0 Å². The molecule has 5 rings (SSSR count). The van der Waals surface area contributed by atoms with Crippen LogP contribution in [0.25, 0.3) is 10.2 Å². The second kappa shape index (κ2) is 10.2. The van der Waals surface area contributed by atoms with E-state index in [4.69, 9.17) is 9.47 Å². The van der Waals surface area contributed by atoms with Crippen molar-refractivity contribution in [1.82, 2.24) is 15.5 Å². The van der Waals surface area contributed by atoms with E-state index < -0.39 is 17.4 Å². The molecule has 11 heteroatoms. The van der Waals surface area contributed by atoms with Gasteiger partial charge in [0.2, 0.25) is 0 Å². The molecule has 0 radical (unpaired) electrons. The Morgan fingerprint density at radius 3 is 2.59 bits per heavy atom. The van der Waals surface area contributed by atoms with Crippen LogP contribution in [0.2, 0.25) is 0 Å². The molecule has 0 aliphatic carbocycles. The fraction of sp³-hybridized carbons (Fsp3) is 0.269. The van der Waals surface area contributed by atoms with Crippen molar-refractivity contribution in [3.63, 3.8) is 0 Å². The minimum atomic E-state index is -0.988. The number of rotatable bonds is 6.